The van der Waals surface area contributed by atoms with E-state index in [0.29, 0.717) is 24.7 Å². The highest BCUT2D eigenvalue weighted by molar-refractivity contribution is 6.40. The van der Waals surface area contributed by atoms with Crippen LogP contribution in [0.5, 0.6) is 0 Å². The maximum Gasteiger partial charge on any atom is 0.379 e. The third-order valence-electron chi connectivity index (χ3n) is 3.15. The average Bonchev–Trinajstić information content (AvgIpc) is 2.56. The van der Waals surface area contributed by atoms with Gasteiger partial charge in [-0.05, 0) is 5.92 Å². The Balaban J connectivity index is 2.05. The van der Waals surface area contributed by atoms with Gasteiger partial charge in [0.05, 0.1) is 19.8 Å². The Morgan fingerprint density at radius 1 is 1.00 bits per heavy atom. The molecule has 5 heteroatoms. The Kier molecular flexibility index (Phi) is 9.11. The van der Waals surface area contributed by atoms with Gasteiger partial charge in [-0.3, -0.25) is 4.79 Å². The summed E-state index contributed by atoms with van der Waals surface area (Å²) >= 11 is 0. The lowest BCUT2D eigenvalue weighted by Gasteiger charge is -2.09. The van der Waals surface area contributed by atoms with Gasteiger partial charge in [0.15, 0.2) is 0 Å². The molecule has 1 unspecified atom stereocenters. The first-order chi connectivity index (χ1) is 10.6. The number of hydrogen-bond acceptors (Lipinski definition) is 5. The van der Waals surface area contributed by atoms with Crippen molar-refractivity contribution in [3.05, 3.63) is 35.9 Å². The third kappa shape index (κ3) is 7.33. The number of hydrogen-bond donors (Lipinski definition) is 0. The Bertz CT molecular complexity index is 444. The molecule has 22 heavy (non-hydrogen) atoms. The van der Waals surface area contributed by atoms with E-state index in [2.05, 4.69) is 13.8 Å². The van der Waals surface area contributed by atoms with Crippen LogP contribution in [0.2, 0.25) is 0 Å². The fourth-order valence-corrected chi connectivity index (χ4v) is 1.59. The first kappa shape index (κ1) is 18.3. The topological polar surface area (TPSA) is 61.8 Å². The highest BCUT2D eigenvalue weighted by Gasteiger charge is 2.16. The number of ketones is 1. The van der Waals surface area contributed by atoms with Crippen molar-refractivity contribution in [1.29, 1.82) is 0 Å². The van der Waals surface area contributed by atoms with E-state index >= 15 is 0 Å². The summed E-state index contributed by atoms with van der Waals surface area (Å²) in [5, 5.41) is 0. The summed E-state index contributed by atoms with van der Waals surface area (Å²) in [7, 11) is 0. The predicted octanol–water partition coefficient (Wildman–Crippen LogP) is 2.49. The van der Waals surface area contributed by atoms with Crippen molar-refractivity contribution in [2.75, 3.05) is 33.0 Å². The highest BCUT2D eigenvalue weighted by atomic mass is 16.6. The highest BCUT2D eigenvalue weighted by Crippen LogP contribution is 2.01. The van der Waals surface area contributed by atoms with E-state index in [-0.39, 0.29) is 13.2 Å². The predicted molar refractivity (Wildman–Crippen MR) is 82.8 cm³/mol. The molecule has 122 valence electrons. The molecule has 5 nitrogen and oxygen atoms in total. The van der Waals surface area contributed by atoms with Crippen LogP contribution in [0.4, 0.5) is 0 Å². The minimum Gasteiger partial charge on any atom is -0.457 e. The molecular weight excluding hydrogens is 284 g/mol. The zero-order valence-electron chi connectivity index (χ0n) is 13.2. The molecule has 0 aliphatic heterocycles. The first-order valence-corrected chi connectivity index (χ1v) is 7.57. The van der Waals surface area contributed by atoms with Crippen LogP contribution in [0.25, 0.3) is 0 Å². The smallest absolute Gasteiger partial charge is 0.379 e. The van der Waals surface area contributed by atoms with Gasteiger partial charge >= 0.3 is 5.97 Å². The summed E-state index contributed by atoms with van der Waals surface area (Å²) in [6.45, 7) is 6.24. The van der Waals surface area contributed by atoms with Crippen LogP contribution in [0, 0.1) is 5.92 Å². The van der Waals surface area contributed by atoms with Crippen molar-refractivity contribution in [2.24, 2.45) is 5.92 Å². The number of Topliss-reactive ketones (excluding diaryl/α,β-unsaturated/α-hetero) is 1. The lowest BCUT2D eigenvalue weighted by atomic mass is 10.1. The van der Waals surface area contributed by atoms with Crippen LogP contribution in [0.1, 0.15) is 30.6 Å². The number of carbonyl (C=O) groups excluding carboxylic acids is 2. The van der Waals surface area contributed by atoms with Crippen molar-refractivity contribution in [2.45, 2.75) is 20.3 Å². The SMILES string of the molecule is CCC(C)COCCOCCOC(=O)C(=O)c1ccccc1. The van der Waals surface area contributed by atoms with Gasteiger partial charge < -0.3 is 14.2 Å². The van der Waals surface area contributed by atoms with E-state index in [4.69, 9.17) is 14.2 Å². The minimum atomic E-state index is -0.858. The molecule has 0 aliphatic rings. The molecule has 0 N–H and O–H groups in total. The van der Waals surface area contributed by atoms with Gasteiger partial charge in [-0.25, -0.2) is 4.79 Å². The molecule has 0 saturated heterocycles. The van der Waals surface area contributed by atoms with Gasteiger partial charge in [-0.1, -0.05) is 50.6 Å². The molecule has 0 aromatic heterocycles. The second kappa shape index (κ2) is 10.9. The van der Waals surface area contributed by atoms with Crippen molar-refractivity contribution in [3.63, 3.8) is 0 Å². The second-order valence-electron chi connectivity index (χ2n) is 5.03. The summed E-state index contributed by atoms with van der Waals surface area (Å²) in [4.78, 5) is 23.2. The second-order valence-corrected chi connectivity index (χ2v) is 5.03. The van der Waals surface area contributed by atoms with E-state index in [9.17, 15) is 9.59 Å². The largest absolute Gasteiger partial charge is 0.457 e. The van der Waals surface area contributed by atoms with E-state index in [1.54, 1.807) is 30.3 Å². The van der Waals surface area contributed by atoms with Crippen LogP contribution in [0.3, 0.4) is 0 Å². The van der Waals surface area contributed by atoms with Gasteiger partial charge in [0, 0.05) is 12.2 Å². The van der Waals surface area contributed by atoms with Gasteiger partial charge in [-0.15, -0.1) is 0 Å². The Morgan fingerprint density at radius 3 is 2.32 bits per heavy atom. The monoisotopic (exact) mass is 308 g/mol. The maximum atomic E-state index is 11.7. The molecule has 0 bridgehead atoms. The molecule has 0 spiro atoms. The standard InChI is InChI=1S/C17H24O5/c1-3-14(2)13-21-10-9-20-11-12-22-17(19)16(18)15-7-5-4-6-8-15/h4-8,14H,3,9-13H2,1-2H3. The van der Waals surface area contributed by atoms with Crippen LogP contribution in [0.15, 0.2) is 30.3 Å². The van der Waals surface area contributed by atoms with Crippen molar-refractivity contribution in [3.8, 4) is 0 Å². The van der Waals surface area contributed by atoms with Crippen LogP contribution in [-0.4, -0.2) is 44.8 Å². The zero-order valence-corrected chi connectivity index (χ0v) is 13.2. The average molecular weight is 308 g/mol. The van der Waals surface area contributed by atoms with Gasteiger partial charge in [0.2, 0.25) is 0 Å². The lowest BCUT2D eigenvalue weighted by Crippen LogP contribution is -2.20. The molecule has 0 saturated carbocycles. The fraction of sp³-hybridized carbons (Fsp3) is 0.529. The Morgan fingerprint density at radius 2 is 1.64 bits per heavy atom. The van der Waals surface area contributed by atoms with Crippen LogP contribution < -0.4 is 0 Å². The third-order valence-corrected chi connectivity index (χ3v) is 3.15. The van der Waals surface area contributed by atoms with Crippen LogP contribution >= 0.6 is 0 Å². The Labute approximate surface area is 131 Å². The van der Waals surface area contributed by atoms with Gasteiger partial charge in [0.1, 0.15) is 6.61 Å². The lowest BCUT2D eigenvalue weighted by molar-refractivity contribution is -0.139. The van der Waals surface area contributed by atoms with Crippen LogP contribution in [-0.2, 0) is 19.0 Å². The molecule has 1 rings (SSSR count). The molecular formula is C17H24O5. The van der Waals surface area contributed by atoms with Gasteiger partial charge in [0.25, 0.3) is 5.78 Å². The van der Waals surface area contributed by atoms with Crippen molar-refractivity contribution >= 4 is 11.8 Å². The summed E-state index contributed by atoms with van der Waals surface area (Å²) in [6.07, 6.45) is 1.09. The normalized spacial score (nSPS) is 11.9. The quantitative estimate of drug-likeness (QED) is 0.272. The fourth-order valence-electron chi connectivity index (χ4n) is 1.59. The number of rotatable bonds is 11. The van der Waals surface area contributed by atoms with Gasteiger partial charge in [-0.2, -0.15) is 0 Å². The molecule has 1 aromatic carbocycles. The number of esters is 1. The molecule has 1 aromatic rings. The zero-order chi connectivity index (χ0) is 16.2. The molecule has 0 aliphatic carbocycles. The first-order valence-electron chi connectivity index (χ1n) is 7.57. The summed E-state index contributed by atoms with van der Waals surface area (Å²) in [5.74, 6) is -0.953. The number of benzene rings is 1. The summed E-state index contributed by atoms with van der Waals surface area (Å²) < 4.78 is 15.6. The number of ether oxygens (including phenoxy) is 3. The van der Waals surface area contributed by atoms with E-state index in [1.807, 2.05) is 0 Å². The minimum absolute atomic E-state index is 0.0583. The Hall–Kier alpha value is -1.72. The van der Waals surface area contributed by atoms with Crippen molar-refractivity contribution < 1.29 is 23.8 Å². The summed E-state index contributed by atoms with van der Waals surface area (Å²) in [5.41, 5.74) is 0.326. The molecule has 1 atom stereocenters. The van der Waals surface area contributed by atoms with Crippen molar-refractivity contribution in [1.82, 2.24) is 0 Å². The molecule has 0 fully saturated rings. The summed E-state index contributed by atoms with van der Waals surface area (Å²) in [6, 6.07) is 8.33. The molecule has 0 heterocycles. The van der Waals surface area contributed by atoms with E-state index < -0.39 is 11.8 Å². The van der Waals surface area contributed by atoms with E-state index in [1.165, 1.54) is 0 Å². The number of carbonyl (C=O) groups is 2. The molecule has 0 amide bonds. The van der Waals surface area contributed by atoms with E-state index in [0.717, 1.165) is 13.0 Å². The maximum absolute atomic E-state index is 11.7. The molecule has 0 radical (unpaired) electrons.